The molecule has 10 heteroatoms. The number of hydrogen-bond acceptors (Lipinski definition) is 4. The molecule has 196 valence electrons. The van der Waals surface area contributed by atoms with E-state index in [2.05, 4.69) is 15.3 Å². The molecule has 0 bridgehead atoms. The zero-order valence-electron chi connectivity index (χ0n) is 20.5. The maximum Gasteiger partial charge on any atom is 0.335 e. The second-order valence-electron chi connectivity index (χ2n) is 9.60. The summed E-state index contributed by atoms with van der Waals surface area (Å²) in [5.74, 6) is -3.23. The minimum atomic E-state index is -1.06. The Hall–Kier alpha value is -3.85. The van der Waals surface area contributed by atoms with Crippen molar-refractivity contribution in [2.45, 2.75) is 45.1 Å². The molecule has 1 saturated carbocycles. The Morgan fingerprint density at radius 3 is 2.47 bits per heavy atom. The second kappa shape index (κ2) is 10.5. The predicted molar refractivity (Wildman–Crippen MR) is 140 cm³/mol. The Balaban J connectivity index is 1.67. The highest BCUT2D eigenvalue weighted by Gasteiger charge is 2.35. The van der Waals surface area contributed by atoms with Gasteiger partial charge in [0.15, 0.2) is 11.6 Å². The van der Waals surface area contributed by atoms with Crippen LogP contribution in [0.4, 0.5) is 14.5 Å². The molecule has 2 N–H and O–H groups in total. The van der Waals surface area contributed by atoms with Crippen LogP contribution in [0.2, 0.25) is 5.15 Å². The quantitative estimate of drug-likeness (QED) is 0.263. The van der Waals surface area contributed by atoms with Gasteiger partial charge in [-0.2, -0.15) is 0 Å². The molecule has 5 rings (SSSR count). The molecule has 2 aromatic carbocycles. The SMILES string of the molecule is Cc1cc(C(=O)O)ccc1NC(=O)C(C1CCCCC1)n1c(-c2ccc(Cl)nc2)nc2cc(F)c(F)cc21. The number of carboxylic acid groups (broad SMARTS) is 1. The van der Waals surface area contributed by atoms with Crippen LogP contribution < -0.4 is 5.32 Å². The summed E-state index contributed by atoms with van der Waals surface area (Å²) >= 11 is 5.99. The Morgan fingerprint density at radius 2 is 1.82 bits per heavy atom. The van der Waals surface area contributed by atoms with Crippen LogP contribution in [0.5, 0.6) is 0 Å². The van der Waals surface area contributed by atoms with Gasteiger partial charge in [-0.15, -0.1) is 0 Å². The fourth-order valence-corrected chi connectivity index (χ4v) is 5.33. The van der Waals surface area contributed by atoms with Gasteiger partial charge in [0.25, 0.3) is 0 Å². The number of benzene rings is 2. The molecule has 38 heavy (non-hydrogen) atoms. The van der Waals surface area contributed by atoms with Gasteiger partial charge in [0.2, 0.25) is 5.91 Å². The molecule has 1 aliphatic rings. The number of carboxylic acids is 1. The number of fused-ring (bicyclic) bond motifs is 1. The Kier molecular flexibility index (Phi) is 7.12. The van der Waals surface area contributed by atoms with Crippen LogP contribution in [0.25, 0.3) is 22.4 Å². The molecule has 7 nitrogen and oxygen atoms in total. The molecule has 4 aromatic rings. The number of imidazole rings is 1. The number of aromatic carboxylic acids is 1. The number of carbonyl (C=O) groups excluding carboxylic acids is 1. The summed E-state index contributed by atoms with van der Waals surface area (Å²) in [6.07, 6.45) is 5.99. The van der Waals surface area contributed by atoms with Crippen LogP contribution in [0.3, 0.4) is 0 Å². The number of amides is 1. The standard InChI is InChI=1S/C28H25ClF2N4O3/c1-15-11-17(28(37)38)7-9-21(15)34-27(36)25(16-5-3-2-4-6-16)35-23-13-20(31)19(30)12-22(23)33-26(35)18-8-10-24(29)32-14-18/h7-14,16,25H,2-6H2,1H3,(H,34,36)(H,37,38). The first kappa shape index (κ1) is 25.8. The lowest BCUT2D eigenvalue weighted by Gasteiger charge is -2.32. The number of aryl methyl sites for hydroxylation is 1. The van der Waals surface area contributed by atoms with Crippen molar-refractivity contribution in [2.24, 2.45) is 5.92 Å². The summed E-state index contributed by atoms with van der Waals surface area (Å²) < 4.78 is 30.4. The second-order valence-corrected chi connectivity index (χ2v) is 9.98. The number of nitrogens with one attached hydrogen (secondary N) is 1. The third kappa shape index (κ3) is 4.98. The highest BCUT2D eigenvalue weighted by molar-refractivity contribution is 6.29. The van der Waals surface area contributed by atoms with E-state index in [1.54, 1.807) is 29.7 Å². The molecule has 0 spiro atoms. The normalized spacial score (nSPS) is 14.9. The number of hydrogen-bond donors (Lipinski definition) is 2. The number of nitrogens with zero attached hydrogens (tertiary/aromatic N) is 3. The smallest absolute Gasteiger partial charge is 0.335 e. The minimum absolute atomic E-state index is 0.0909. The highest BCUT2D eigenvalue weighted by Crippen LogP contribution is 2.39. The van der Waals surface area contributed by atoms with Crippen molar-refractivity contribution in [2.75, 3.05) is 5.32 Å². The maximum atomic E-state index is 14.5. The average molecular weight is 539 g/mol. The average Bonchev–Trinajstić information content (AvgIpc) is 3.24. The van der Waals surface area contributed by atoms with Gasteiger partial charge in [-0.1, -0.05) is 30.9 Å². The Labute approximate surface area is 222 Å². The van der Waals surface area contributed by atoms with Gasteiger partial charge in [0.05, 0.1) is 16.6 Å². The number of carbonyl (C=O) groups is 2. The van der Waals surface area contributed by atoms with Crippen molar-refractivity contribution in [1.29, 1.82) is 0 Å². The summed E-state index contributed by atoms with van der Waals surface area (Å²) in [5, 5.41) is 12.5. The Bertz CT molecular complexity index is 1530. The summed E-state index contributed by atoms with van der Waals surface area (Å²) in [7, 11) is 0. The van der Waals surface area contributed by atoms with E-state index in [0.717, 1.165) is 44.2 Å². The summed E-state index contributed by atoms with van der Waals surface area (Å²) in [5.41, 5.74) is 2.22. The highest BCUT2D eigenvalue weighted by atomic mass is 35.5. The molecule has 2 heterocycles. The number of anilines is 1. The first-order chi connectivity index (χ1) is 18.2. The molecule has 0 saturated heterocycles. The van der Waals surface area contributed by atoms with Crippen LogP contribution in [0, 0.1) is 24.5 Å². The zero-order chi connectivity index (χ0) is 27.0. The zero-order valence-corrected chi connectivity index (χ0v) is 21.3. The molecule has 1 unspecified atom stereocenters. The van der Waals surface area contributed by atoms with E-state index in [-0.39, 0.29) is 33.6 Å². The fraction of sp³-hybridized carbons (Fsp3) is 0.286. The molecular weight excluding hydrogens is 514 g/mol. The van der Waals surface area contributed by atoms with Gasteiger partial charge < -0.3 is 15.0 Å². The van der Waals surface area contributed by atoms with Gasteiger partial charge in [-0.05, 0) is 61.6 Å². The first-order valence-electron chi connectivity index (χ1n) is 12.4. The van der Waals surface area contributed by atoms with Crippen molar-refractivity contribution >= 4 is 40.2 Å². The lowest BCUT2D eigenvalue weighted by molar-refractivity contribution is -0.121. The van der Waals surface area contributed by atoms with Crippen LogP contribution in [-0.2, 0) is 4.79 Å². The molecule has 1 aliphatic carbocycles. The molecule has 1 amide bonds. The van der Waals surface area contributed by atoms with Crippen molar-refractivity contribution in [3.05, 3.63) is 76.6 Å². The van der Waals surface area contributed by atoms with Crippen molar-refractivity contribution in [3.8, 4) is 11.4 Å². The Morgan fingerprint density at radius 1 is 1.08 bits per heavy atom. The van der Waals surface area contributed by atoms with Gasteiger partial charge in [-0.3, -0.25) is 4.79 Å². The lowest BCUT2D eigenvalue weighted by Crippen LogP contribution is -2.34. The summed E-state index contributed by atoms with van der Waals surface area (Å²) in [6, 6.07) is 9.06. The molecule has 0 aliphatic heterocycles. The largest absolute Gasteiger partial charge is 0.478 e. The first-order valence-corrected chi connectivity index (χ1v) is 12.7. The van der Waals surface area contributed by atoms with E-state index in [9.17, 15) is 23.5 Å². The van der Waals surface area contributed by atoms with E-state index < -0.39 is 23.6 Å². The van der Waals surface area contributed by atoms with Gasteiger partial charge in [0, 0.05) is 29.6 Å². The van der Waals surface area contributed by atoms with E-state index >= 15 is 0 Å². The van der Waals surface area contributed by atoms with Crippen molar-refractivity contribution in [1.82, 2.24) is 14.5 Å². The molecular formula is C28H25ClF2N4O3. The van der Waals surface area contributed by atoms with E-state index in [1.165, 1.54) is 18.3 Å². The van der Waals surface area contributed by atoms with E-state index in [4.69, 9.17) is 11.6 Å². The molecule has 1 fully saturated rings. The summed E-state index contributed by atoms with van der Waals surface area (Å²) in [4.78, 5) is 34.1. The monoisotopic (exact) mass is 538 g/mol. The topological polar surface area (TPSA) is 97.1 Å². The number of rotatable bonds is 6. The third-order valence-electron chi connectivity index (χ3n) is 7.09. The summed E-state index contributed by atoms with van der Waals surface area (Å²) in [6.45, 7) is 1.72. The number of pyridine rings is 1. The fourth-order valence-electron chi connectivity index (χ4n) is 5.22. The molecule has 1 atom stereocenters. The van der Waals surface area contributed by atoms with E-state index in [1.807, 2.05) is 0 Å². The maximum absolute atomic E-state index is 14.5. The van der Waals surface area contributed by atoms with Gasteiger partial charge in [0.1, 0.15) is 17.0 Å². The van der Waals surface area contributed by atoms with Crippen LogP contribution in [0.1, 0.15) is 54.1 Å². The molecule has 2 aromatic heterocycles. The number of aromatic nitrogens is 3. The minimum Gasteiger partial charge on any atom is -0.478 e. The van der Waals surface area contributed by atoms with Crippen LogP contribution in [-0.4, -0.2) is 31.5 Å². The van der Waals surface area contributed by atoms with E-state index in [0.29, 0.717) is 22.6 Å². The molecule has 0 radical (unpaired) electrons. The van der Waals surface area contributed by atoms with Crippen LogP contribution in [0.15, 0.2) is 48.7 Å². The van der Waals surface area contributed by atoms with Gasteiger partial charge >= 0.3 is 5.97 Å². The lowest BCUT2D eigenvalue weighted by atomic mass is 9.83. The van der Waals surface area contributed by atoms with Crippen LogP contribution >= 0.6 is 11.6 Å². The van der Waals surface area contributed by atoms with Gasteiger partial charge in [-0.25, -0.2) is 23.5 Å². The van der Waals surface area contributed by atoms with Crippen molar-refractivity contribution < 1.29 is 23.5 Å². The third-order valence-corrected chi connectivity index (χ3v) is 7.32. The predicted octanol–water partition coefficient (Wildman–Crippen LogP) is 6.80. The van der Waals surface area contributed by atoms with Crippen molar-refractivity contribution in [3.63, 3.8) is 0 Å². The number of halogens is 3.